The fraction of sp³-hybridized carbons (Fsp3) is 0.500. The normalized spacial score (nSPS) is 12.4. The van der Waals surface area contributed by atoms with E-state index in [4.69, 9.17) is 4.74 Å². The number of amides is 1. The second kappa shape index (κ2) is 6.89. The van der Waals surface area contributed by atoms with Gasteiger partial charge in [-0.15, -0.1) is 11.3 Å². The van der Waals surface area contributed by atoms with Gasteiger partial charge in [0, 0.05) is 17.8 Å². The minimum Gasteiger partial charge on any atom is -0.444 e. The number of carbonyl (C=O) groups excluding carboxylic acids is 1. The maximum Gasteiger partial charge on any atom is 0.408 e. The first-order valence-corrected chi connectivity index (χ1v) is 8.71. The molecule has 2 aromatic rings. The molecule has 0 unspecified atom stereocenters. The first-order chi connectivity index (χ1) is 10.7. The number of carbonyl (C=O) groups is 1. The third-order valence-electron chi connectivity index (χ3n) is 3.28. The molecule has 0 saturated heterocycles. The molecule has 0 bridgehead atoms. The van der Waals surface area contributed by atoms with Crippen molar-refractivity contribution in [3.63, 3.8) is 0 Å². The summed E-state index contributed by atoms with van der Waals surface area (Å²) >= 11 is 1.76. The fourth-order valence-electron chi connectivity index (χ4n) is 2.30. The van der Waals surface area contributed by atoms with Crippen molar-refractivity contribution < 1.29 is 9.53 Å². The van der Waals surface area contributed by atoms with Crippen LogP contribution in [0.2, 0.25) is 0 Å². The zero-order valence-electron chi connectivity index (χ0n) is 14.5. The fourth-order valence-corrected chi connectivity index (χ4v) is 3.27. The van der Waals surface area contributed by atoms with Crippen LogP contribution in [-0.2, 0) is 11.3 Å². The number of thiophene rings is 1. The first kappa shape index (κ1) is 17.8. The number of ether oxygens (including phenoxy) is 1. The van der Waals surface area contributed by atoms with Crippen molar-refractivity contribution in [3.05, 3.63) is 35.2 Å². The van der Waals surface area contributed by atoms with Gasteiger partial charge in [-0.1, -0.05) is 18.2 Å². The summed E-state index contributed by atoms with van der Waals surface area (Å²) in [5, 5.41) is 9.81. The molecule has 0 saturated carbocycles. The Kier molecular flexibility index (Phi) is 5.32. The van der Waals surface area contributed by atoms with Crippen molar-refractivity contribution >= 4 is 27.5 Å². The summed E-state index contributed by atoms with van der Waals surface area (Å²) in [5.74, 6) is 0. The van der Waals surface area contributed by atoms with Crippen LogP contribution >= 0.6 is 11.3 Å². The van der Waals surface area contributed by atoms with Crippen molar-refractivity contribution in [2.75, 3.05) is 6.54 Å². The van der Waals surface area contributed by atoms with Crippen LogP contribution in [0.25, 0.3) is 10.1 Å². The summed E-state index contributed by atoms with van der Waals surface area (Å²) in [6.45, 7) is 11.0. The number of hydrogen-bond acceptors (Lipinski definition) is 4. The second-order valence-corrected chi connectivity index (χ2v) is 8.28. The van der Waals surface area contributed by atoms with Crippen molar-refractivity contribution in [1.82, 2.24) is 10.6 Å². The molecule has 0 spiro atoms. The third kappa shape index (κ3) is 5.52. The minimum absolute atomic E-state index is 0.381. The van der Waals surface area contributed by atoms with E-state index in [0.29, 0.717) is 6.54 Å². The van der Waals surface area contributed by atoms with Gasteiger partial charge in [0.2, 0.25) is 0 Å². The number of fused-ring (bicyclic) bond motifs is 1. The number of rotatable bonds is 5. The number of alkyl carbamates (subject to hydrolysis) is 1. The lowest BCUT2D eigenvalue weighted by Gasteiger charge is -2.29. The largest absolute Gasteiger partial charge is 0.444 e. The SMILES string of the molecule is CC(C)(CNCc1csc2ccccc12)NC(=O)OC(C)(C)C. The maximum atomic E-state index is 11.9. The van der Waals surface area contributed by atoms with Crippen molar-refractivity contribution in [2.45, 2.75) is 52.3 Å². The molecule has 0 aliphatic rings. The minimum atomic E-state index is -0.483. The molecule has 0 radical (unpaired) electrons. The van der Waals surface area contributed by atoms with Gasteiger partial charge in [0.1, 0.15) is 5.60 Å². The van der Waals surface area contributed by atoms with E-state index in [-0.39, 0.29) is 11.6 Å². The first-order valence-electron chi connectivity index (χ1n) is 7.83. The Labute approximate surface area is 142 Å². The monoisotopic (exact) mass is 334 g/mol. The highest BCUT2D eigenvalue weighted by Gasteiger charge is 2.24. The second-order valence-electron chi connectivity index (χ2n) is 7.37. The average molecular weight is 334 g/mol. The van der Waals surface area contributed by atoms with Crippen LogP contribution in [0.4, 0.5) is 4.79 Å². The molecule has 126 valence electrons. The molecule has 0 aliphatic heterocycles. The van der Waals surface area contributed by atoms with E-state index >= 15 is 0 Å². The average Bonchev–Trinajstić information content (AvgIpc) is 2.79. The molecule has 0 aliphatic carbocycles. The molecule has 23 heavy (non-hydrogen) atoms. The third-order valence-corrected chi connectivity index (χ3v) is 4.30. The van der Waals surface area contributed by atoms with Crippen molar-refractivity contribution in [1.29, 1.82) is 0 Å². The van der Waals surface area contributed by atoms with Gasteiger partial charge in [0.15, 0.2) is 0 Å². The van der Waals surface area contributed by atoms with E-state index in [1.807, 2.05) is 34.6 Å². The Balaban J connectivity index is 1.86. The molecule has 1 heterocycles. The molecule has 2 rings (SSSR count). The number of benzene rings is 1. The van der Waals surface area contributed by atoms with Crippen molar-refractivity contribution in [2.24, 2.45) is 0 Å². The lowest BCUT2D eigenvalue weighted by Crippen LogP contribution is -2.51. The Morgan fingerprint density at radius 3 is 2.57 bits per heavy atom. The molecular formula is C18H26N2O2S. The van der Waals surface area contributed by atoms with Gasteiger partial charge in [-0.3, -0.25) is 0 Å². The topological polar surface area (TPSA) is 50.4 Å². The summed E-state index contributed by atoms with van der Waals surface area (Å²) in [6.07, 6.45) is -0.384. The summed E-state index contributed by atoms with van der Waals surface area (Å²) in [4.78, 5) is 11.9. The van der Waals surface area contributed by atoms with Crippen LogP contribution in [0, 0.1) is 0 Å². The van der Waals surface area contributed by atoms with Crippen LogP contribution in [0.15, 0.2) is 29.6 Å². The summed E-state index contributed by atoms with van der Waals surface area (Å²) in [5.41, 5.74) is 0.427. The van der Waals surface area contributed by atoms with Crippen molar-refractivity contribution in [3.8, 4) is 0 Å². The lowest BCUT2D eigenvalue weighted by atomic mass is 10.1. The van der Waals surface area contributed by atoms with E-state index in [0.717, 1.165) is 6.54 Å². The summed E-state index contributed by atoms with van der Waals surface area (Å²) in [6, 6.07) is 8.40. The van der Waals surface area contributed by atoms with Gasteiger partial charge in [-0.2, -0.15) is 0 Å². The smallest absolute Gasteiger partial charge is 0.408 e. The molecule has 1 aromatic heterocycles. The van der Waals surface area contributed by atoms with E-state index in [2.05, 4.69) is 40.3 Å². The molecular weight excluding hydrogens is 308 g/mol. The number of hydrogen-bond donors (Lipinski definition) is 2. The van der Waals surface area contributed by atoms with Gasteiger partial charge in [-0.25, -0.2) is 4.79 Å². The predicted molar refractivity (Wildman–Crippen MR) is 97.0 cm³/mol. The number of nitrogens with one attached hydrogen (secondary N) is 2. The molecule has 0 atom stereocenters. The molecule has 2 N–H and O–H groups in total. The zero-order valence-corrected chi connectivity index (χ0v) is 15.3. The van der Waals surface area contributed by atoms with Crippen LogP contribution in [0.3, 0.4) is 0 Å². The van der Waals surface area contributed by atoms with Crippen LogP contribution in [0.1, 0.15) is 40.2 Å². The maximum absolute atomic E-state index is 11.9. The Morgan fingerprint density at radius 2 is 1.87 bits per heavy atom. The Morgan fingerprint density at radius 1 is 1.17 bits per heavy atom. The molecule has 0 fully saturated rings. The van der Waals surface area contributed by atoms with Gasteiger partial charge in [0.25, 0.3) is 0 Å². The van der Waals surface area contributed by atoms with Gasteiger partial charge >= 0.3 is 6.09 Å². The van der Waals surface area contributed by atoms with Crippen LogP contribution in [-0.4, -0.2) is 23.8 Å². The van der Waals surface area contributed by atoms with Gasteiger partial charge in [0.05, 0.1) is 5.54 Å². The van der Waals surface area contributed by atoms with E-state index in [1.165, 1.54) is 15.6 Å². The highest BCUT2D eigenvalue weighted by atomic mass is 32.1. The molecule has 5 heteroatoms. The van der Waals surface area contributed by atoms with Crippen LogP contribution in [0.5, 0.6) is 0 Å². The van der Waals surface area contributed by atoms with Crippen LogP contribution < -0.4 is 10.6 Å². The highest BCUT2D eigenvalue weighted by molar-refractivity contribution is 7.17. The molecule has 1 aromatic carbocycles. The summed E-state index contributed by atoms with van der Waals surface area (Å²) < 4.78 is 6.61. The standard InChI is InChI=1S/C18H26N2O2S/c1-17(2,3)22-16(21)20-18(4,5)12-19-10-13-11-23-15-9-7-6-8-14(13)15/h6-9,11,19H,10,12H2,1-5H3,(H,20,21). The van der Waals surface area contributed by atoms with E-state index in [1.54, 1.807) is 11.3 Å². The molecule has 1 amide bonds. The summed E-state index contributed by atoms with van der Waals surface area (Å²) in [7, 11) is 0. The highest BCUT2D eigenvalue weighted by Crippen LogP contribution is 2.25. The lowest BCUT2D eigenvalue weighted by molar-refractivity contribution is 0.0472. The molecule has 4 nitrogen and oxygen atoms in total. The predicted octanol–water partition coefficient (Wildman–Crippen LogP) is 4.29. The van der Waals surface area contributed by atoms with Gasteiger partial charge < -0.3 is 15.4 Å². The van der Waals surface area contributed by atoms with E-state index in [9.17, 15) is 4.79 Å². The van der Waals surface area contributed by atoms with E-state index < -0.39 is 5.60 Å². The Hall–Kier alpha value is -1.59. The quantitative estimate of drug-likeness (QED) is 0.857. The van der Waals surface area contributed by atoms with Gasteiger partial charge in [-0.05, 0) is 57.0 Å². The zero-order chi connectivity index (χ0) is 17.1. The Bertz CT molecular complexity index is 671.